The Kier molecular flexibility index (Phi) is 4.08. The number of methoxy groups -OCH3 is 1. The monoisotopic (exact) mass is 387 g/mol. The maximum Gasteiger partial charge on any atom is 0.257 e. The summed E-state index contributed by atoms with van der Waals surface area (Å²) >= 11 is 0. The number of hydrogen-bond acceptors (Lipinski definition) is 6. The molecule has 7 nitrogen and oxygen atoms in total. The van der Waals surface area contributed by atoms with Crippen molar-refractivity contribution in [3.05, 3.63) is 81.8 Å². The van der Waals surface area contributed by atoms with Gasteiger partial charge in [-0.25, -0.2) is 9.98 Å². The number of benzene rings is 2. The molecule has 2 aromatic carbocycles. The van der Waals surface area contributed by atoms with Gasteiger partial charge in [0.15, 0.2) is 6.17 Å². The van der Waals surface area contributed by atoms with Gasteiger partial charge < -0.3 is 9.64 Å². The van der Waals surface area contributed by atoms with Crippen LogP contribution in [0.3, 0.4) is 0 Å². The summed E-state index contributed by atoms with van der Waals surface area (Å²) in [5, 5.41) is 3.29. The van der Waals surface area contributed by atoms with Crippen molar-refractivity contribution in [2.45, 2.75) is 19.5 Å². The number of nitrogens with zero attached hydrogens (tertiary/aromatic N) is 4. The minimum absolute atomic E-state index is 0.134. The summed E-state index contributed by atoms with van der Waals surface area (Å²) in [6.07, 6.45) is 0.457. The van der Waals surface area contributed by atoms with Crippen LogP contribution < -0.4 is 20.5 Å². The highest BCUT2D eigenvalue weighted by Gasteiger charge is 2.30. The molecule has 7 heteroatoms. The molecule has 5 rings (SSSR count). The number of aromatic nitrogens is 2. The zero-order chi connectivity index (χ0) is 20.0. The Morgan fingerprint density at radius 2 is 1.93 bits per heavy atom. The Hall–Kier alpha value is -3.61. The highest BCUT2D eigenvalue weighted by molar-refractivity contribution is 6.06. The Morgan fingerprint density at radius 1 is 1.14 bits per heavy atom. The van der Waals surface area contributed by atoms with Crippen molar-refractivity contribution in [1.29, 1.82) is 0 Å². The van der Waals surface area contributed by atoms with Crippen LogP contribution >= 0.6 is 0 Å². The Morgan fingerprint density at radius 3 is 2.72 bits per heavy atom. The van der Waals surface area contributed by atoms with Gasteiger partial charge in [0.05, 0.1) is 7.11 Å². The lowest BCUT2D eigenvalue weighted by Gasteiger charge is -2.31. The molecule has 0 radical (unpaired) electrons. The van der Waals surface area contributed by atoms with Gasteiger partial charge >= 0.3 is 0 Å². The second-order valence-electron chi connectivity index (χ2n) is 7.18. The summed E-state index contributed by atoms with van der Waals surface area (Å²) in [6.45, 7) is 2.65. The Balaban J connectivity index is 1.64. The van der Waals surface area contributed by atoms with E-state index >= 15 is 0 Å². The standard InChI is InChI=1S/C22H21N5O2/c1-14-13-19(28)27-20(16-7-9-17(29-2)10-8-16)24-21(25-22(27)23-14)26-12-11-15-5-3-4-6-18(15)26/h3-10,13,20H,11-12H2,1-2H3,(H,23,24,25)/t20-/m0/s1. The van der Waals surface area contributed by atoms with Gasteiger partial charge in [-0.3, -0.25) is 14.7 Å². The first-order valence-corrected chi connectivity index (χ1v) is 9.58. The molecule has 0 aliphatic carbocycles. The summed E-state index contributed by atoms with van der Waals surface area (Å²) in [7, 11) is 1.63. The molecule has 0 amide bonds. The van der Waals surface area contributed by atoms with Gasteiger partial charge in [-0.1, -0.05) is 30.3 Å². The molecule has 3 aromatic rings. The third-order valence-electron chi connectivity index (χ3n) is 5.35. The van der Waals surface area contributed by atoms with Crippen LogP contribution in [0, 0.1) is 6.92 Å². The van der Waals surface area contributed by atoms with Crippen molar-refractivity contribution < 1.29 is 4.74 Å². The summed E-state index contributed by atoms with van der Waals surface area (Å²) in [5.74, 6) is 1.97. The molecule has 0 spiro atoms. The molecule has 0 saturated carbocycles. The fourth-order valence-corrected chi connectivity index (χ4v) is 3.93. The number of hydrogen-bond donors (Lipinski definition) is 1. The van der Waals surface area contributed by atoms with Crippen LogP contribution in [0.2, 0.25) is 0 Å². The molecular formula is C22H21N5O2. The van der Waals surface area contributed by atoms with Crippen molar-refractivity contribution in [1.82, 2.24) is 9.55 Å². The quantitative estimate of drug-likeness (QED) is 0.732. The largest absolute Gasteiger partial charge is 0.497 e. The lowest BCUT2D eigenvalue weighted by atomic mass is 10.1. The van der Waals surface area contributed by atoms with Crippen molar-refractivity contribution in [3.63, 3.8) is 0 Å². The summed E-state index contributed by atoms with van der Waals surface area (Å²) in [4.78, 5) is 24.5. The fourth-order valence-electron chi connectivity index (χ4n) is 3.93. The Bertz CT molecular complexity index is 1170. The van der Waals surface area contributed by atoms with E-state index in [0.29, 0.717) is 17.6 Å². The van der Waals surface area contributed by atoms with Crippen LogP contribution in [0.25, 0.3) is 0 Å². The van der Waals surface area contributed by atoms with Gasteiger partial charge in [-0.2, -0.15) is 0 Å². The van der Waals surface area contributed by atoms with Gasteiger partial charge in [0, 0.05) is 24.0 Å². The van der Waals surface area contributed by atoms with Crippen LogP contribution in [-0.2, 0) is 6.42 Å². The van der Waals surface area contributed by atoms with E-state index in [4.69, 9.17) is 9.73 Å². The average Bonchev–Trinajstić information content (AvgIpc) is 3.17. The van der Waals surface area contributed by atoms with E-state index in [1.54, 1.807) is 11.7 Å². The molecule has 2 aliphatic rings. The van der Waals surface area contributed by atoms with Crippen LogP contribution in [0.1, 0.15) is 23.0 Å². The first-order valence-electron chi connectivity index (χ1n) is 9.58. The second kappa shape index (κ2) is 6.77. The predicted molar refractivity (Wildman–Crippen MR) is 113 cm³/mol. The van der Waals surface area contributed by atoms with E-state index in [0.717, 1.165) is 30.0 Å². The minimum Gasteiger partial charge on any atom is -0.497 e. The second-order valence-corrected chi connectivity index (χ2v) is 7.18. The highest BCUT2D eigenvalue weighted by Crippen LogP contribution is 2.32. The van der Waals surface area contributed by atoms with Crippen LogP contribution in [0.5, 0.6) is 5.75 Å². The number of guanidine groups is 1. The number of ether oxygens (including phenoxy) is 1. The fraction of sp³-hybridized carbons (Fsp3) is 0.227. The number of anilines is 2. The maximum absolute atomic E-state index is 12.8. The molecule has 0 saturated heterocycles. The molecular weight excluding hydrogens is 366 g/mol. The SMILES string of the molecule is COc1ccc([C@H]2N=C(N3CCc4ccccc43)Nc3nc(C)cc(=O)n32)cc1. The molecule has 146 valence electrons. The van der Waals surface area contributed by atoms with Gasteiger partial charge in [0.25, 0.3) is 5.56 Å². The topological polar surface area (TPSA) is 71.8 Å². The maximum atomic E-state index is 12.8. The first kappa shape index (κ1) is 17.5. The molecule has 0 fully saturated rings. The van der Waals surface area contributed by atoms with Gasteiger partial charge in [-0.15, -0.1) is 0 Å². The zero-order valence-corrected chi connectivity index (χ0v) is 16.3. The zero-order valence-electron chi connectivity index (χ0n) is 16.3. The van der Waals surface area contributed by atoms with Gasteiger partial charge in [0.2, 0.25) is 11.9 Å². The molecule has 1 N–H and O–H groups in total. The smallest absolute Gasteiger partial charge is 0.257 e. The molecule has 0 unspecified atom stereocenters. The number of fused-ring (bicyclic) bond motifs is 2. The van der Waals surface area contributed by atoms with Gasteiger partial charge in [-0.05, 0) is 42.7 Å². The molecule has 29 heavy (non-hydrogen) atoms. The third-order valence-corrected chi connectivity index (χ3v) is 5.35. The van der Waals surface area contributed by atoms with Crippen molar-refractivity contribution >= 4 is 17.6 Å². The van der Waals surface area contributed by atoms with Crippen molar-refractivity contribution in [2.75, 3.05) is 23.9 Å². The predicted octanol–water partition coefficient (Wildman–Crippen LogP) is 2.95. The van der Waals surface area contributed by atoms with Gasteiger partial charge in [0.1, 0.15) is 5.75 Å². The highest BCUT2D eigenvalue weighted by atomic mass is 16.5. The lowest BCUT2D eigenvalue weighted by Crippen LogP contribution is -2.43. The summed E-state index contributed by atoms with van der Waals surface area (Å²) in [5.41, 5.74) is 3.86. The van der Waals surface area contributed by atoms with Crippen LogP contribution in [0.15, 0.2) is 64.4 Å². The number of aliphatic imine (C=N–C) groups is 1. The number of rotatable bonds is 2. The average molecular weight is 387 g/mol. The normalized spacial score (nSPS) is 17.2. The van der Waals surface area contributed by atoms with E-state index in [2.05, 4.69) is 33.4 Å². The third kappa shape index (κ3) is 2.95. The number of nitrogens with one attached hydrogen (secondary N) is 1. The van der Waals surface area contributed by atoms with E-state index in [9.17, 15) is 4.79 Å². The first-order chi connectivity index (χ1) is 14.1. The summed E-state index contributed by atoms with van der Waals surface area (Å²) in [6, 6.07) is 17.5. The molecule has 1 aromatic heterocycles. The van der Waals surface area contributed by atoms with Crippen LogP contribution in [-0.4, -0.2) is 29.2 Å². The van der Waals surface area contributed by atoms with E-state index in [-0.39, 0.29) is 5.56 Å². The van der Waals surface area contributed by atoms with Crippen molar-refractivity contribution in [3.8, 4) is 5.75 Å². The molecule has 2 aliphatic heterocycles. The van der Waals surface area contributed by atoms with E-state index in [1.165, 1.54) is 11.6 Å². The Labute approximate surface area is 168 Å². The molecule has 1 atom stereocenters. The number of para-hydroxylation sites is 1. The summed E-state index contributed by atoms with van der Waals surface area (Å²) < 4.78 is 6.87. The molecule has 0 bridgehead atoms. The van der Waals surface area contributed by atoms with Crippen molar-refractivity contribution in [2.24, 2.45) is 4.99 Å². The van der Waals surface area contributed by atoms with E-state index < -0.39 is 6.17 Å². The lowest BCUT2D eigenvalue weighted by molar-refractivity contribution is 0.414. The van der Waals surface area contributed by atoms with Crippen LogP contribution in [0.4, 0.5) is 11.6 Å². The van der Waals surface area contributed by atoms with E-state index in [1.807, 2.05) is 37.3 Å². The minimum atomic E-state index is -0.500. The molecule has 3 heterocycles. The number of aryl methyl sites for hydroxylation is 1.